The van der Waals surface area contributed by atoms with Crippen molar-refractivity contribution in [1.29, 1.82) is 0 Å². The van der Waals surface area contributed by atoms with Crippen LogP contribution in [0.15, 0.2) is 12.2 Å². The molecule has 0 aromatic carbocycles. The molecule has 21 heavy (non-hydrogen) atoms. The Bertz CT molecular complexity index is 455. The van der Waals surface area contributed by atoms with Crippen LogP contribution in [0.2, 0.25) is 0 Å². The van der Waals surface area contributed by atoms with Crippen LogP contribution in [0.3, 0.4) is 0 Å². The standard InChI is InChI=1S/C20H32O/c1-13-4-5-14-6-7-15-16-8-9-18(21)19(16,2)11-10-17(15)20(14,3)12-13/h4-5,13-18,21H,6-12H2,1-3H3/t13-,14?,15-,16-,17-,18-,19-,20-/m0/s1. The van der Waals surface area contributed by atoms with Crippen LogP contribution in [0.25, 0.3) is 0 Å². The molecule has 1 unspecified atom stereocenters. The highest BCUT2D eigenvalue weighted by atomic mass is 16.3. The first-order valence-corrected chi connectivity index (χ1v) is 9.31. The summed E-state index contributed by atoms with van der Waals surface area (Å²) in [5, 5.41) is 10.5. The van der Waals surface area contributed by atoms with Crippen molar-refractivity contribution in [1.82, 2.24) is 0 Å². The molecule has 0 radical (unpaired) electrons. The molecule has 8 atom stereocenters. The molecule has 0 aromatic rings. The third-order valence-electron chi connectivity index (χ3n) is 8.33. The number of hydrogen-bond donors (Lipinski definition) is 1. The van der Waals surface area contributed by atoms with Crippen molar-refractivity contribution in [2.45, 2.75) is 71.8 Å². The number of aliphatic hydroxyl groups is 1. The van der Waals surface area contributed by atoms with Gasteiger partial charge in [0.05, 0.1) is 6.10 Å². The zero-order valence-corrected chi connectivity index (χ0v) is 14.0. The van der Waals surface area contributed by atoms with Crippen LogP contribution in [0.5, 0.6) is 0 Å². The lowest BCUT2D eigenvalue weighted by atomic mass is 9.45. The van der Waals surface area contributed by atoms with Gasteiger partial charge in [0.2, 0.25) is 0 Å². The summed E-state index contributed by atoms with van der Waals surface area (Å²) in [6.07, 6.45) is 14.2. The lowest BCUT2D eigenvalue weighted by molar-refractivity contribution is -0.107. The van der Waals surface area contributed by atoms with E-state index in [1.807, 2.05) is 0 Å². The highest BCUT2D eigenvalue weighted by molar-refractivity contribution is 5.14. The molecule has 1 nitrogen and oxygen atoms in total. The number of allylic oxidation sites excluding steroid dienone is 2. The van der Waals surface area contributed by atoms with E-state index in [2.05, 4.69) is 32.9 Å². The van der Waals surface area contributed by atoms with Crippen LogP contribution < -0.4 is 0 Å². The summed E-state index contributed by atoms with van der Waals surface area (Å²) in [5.41, 5.74) is 0.770. The summed E-state index contributed by atoms with van der Waals surface area (Å²) in [6, 6.07) is 0. The number of rotatable bonds is 0. The van der Waals surface area contributed by atoms with E-state index in [4.69, 9.17) is 0 Å². The topological polar surface area (TPSA) is 20.2 Å². The van der Waals surface area contributed by atoms with Crippen LogP contribution in [0, 0.1) is 40.4 Å². The van der Waals surface area contributed by atoms with Gasteiger partial charge in [0.25, 0.3) is 0 Å². The second-order valence-corrected chi connectivity index (χ2v) is 9.27. The van der Waals surface area contributed by atoms with Gasteiger partial charge in [0.1, 0.15) is 0 Å². The first-order valence-electron chi connectivity index (χ1n) is 9.31. The molecule has 3 fully saturated rings. The van der Waals surface area contributed by atoms with Crippen molar-refractivity contribution < 1.29 is 5.11 Å². The van der Waals surface area contributed by atoms with Crippen LogP contribution in [0.1, 0.15) is 65.7 Å². The Morgan fingerprint density at radius 1 is 0.905 bits per heavy atom. The van der Waals surface area contributed by atoms with E-state index in [-0.39, 0.29) is 11.5 Å². The van der Waals surface area contributed by atoms with E-state index >= 15 is 0 Å². The van der Waals surface area contributed by atoms with Crippen LogP contribution in [0.4, 0.5) is 0 Å². The van der Waals surface area contributed by atoms with E-state index in [1.54, 1.807) is 0 Å². The maximum Gasteiger partial charge on any atom is 0.0596 e. The maximum atomic E-state index is 10.5. The summed E-state index contributed by atoms with van der Waals surface area (Å²) >= 11 is 0. The Hall–Kier alpha value is -0.300. The minimum absolute atomic E-state index is 0.0286. The summed E-state index contributed by atoms with van der Waals surface area (Å²) in [6.45, 7) is 7.39. The van der Waals surface area contributed by atoms with E-state index in [9.17, 15) is 5.11 Å². The Balaban J connectivity index is 1.67. The molecule has 0 spiro atoms. The predicted octanol–water partition coefficient (Wildman–Crippen LogP) is 4.80. The molecule has 0 aliphatic heterocycles. The first kappa shape index (κ1) is 14.3. The molecular weight excluding hydrogens is 256 g/mol. The summed E-state index contributed by atoms with van der Waals surface area (Å²) in [5.74, 6) is 4.18. The zero-order chi connectivity index (χ0) is 14.8. The highest BCUT2D eigenvalue weighted by Gasteiger charge is 2.59. The minimum atomic E-state index is -0.0286. The molecule has 1 N–H and O–H groups in total. The lowest BCUT2D eigenvalue weighted by Gasteiger charge is -2.59. The van der Waals surface area contributed by atoms with Crippen molar-refractivity contribution in [2.24, 2.45) is 40.4 Å². The van der Waals surface area contributed by atoms with Crippen LogP contribution in [-0.2, 0) is 0 Å². The third-order valence-corrected chi connectivity index (χ3v) is 8.33. The average molecular weight is 288 g/mol. The Morgan fingerprint density at radius 2 is 1.67 bits per heavy atom. The molecule has 0 aromatic heterocycles. The molecule has 0 bridgehead atoms. The smallest absolute Gasteiger partial charge is 0.0596 e. The van der Waals surface area contributed by atoms with Gasteiger partial charge in [-0.2, -0.15) is 0 Å². The normalized spacial score (nSPS) is 59.2. The molecule has 1 heteroatoms. The molecule has 4 aliphatic rings. The molecule has 0 heterocycles. The number of aliphatic hydroxyl groups excluding tert-OH is 1. The summed E-state index contributed by atoms with van der Waals surface area (Å²) in [4.78, 5) is 0. The Labute approximate surface area is 130 Å². The molecule has 118 valence electrons. The molecule has 4 aliphatic carbocycles. The minimum Gasteiger partial charge on any atom is -0.393 e. The molecule has 3 saturated carbocycles. The quantitative estimate of drug-likeness (QED) is 0.635. The van der Waals surface area contributed by atoms with E-state index in [0.29, 0.717) is 5.41 Å². The van der Waals surface area contributed by atoms with E-state index < -0.39 is 0 Å². The second kappa shape index (κ2) is 4.60. The fourth-order valence-corrected chi connectivity index (χ4v) is 7.16. The van der Waals surface area contributed by atoms with Gasteiger partial charge < -0.3 is 5.11 Å². The van der Waals surface area contributed by atoms with Gasteiger partial charge in [-0.25, -0.2) is 0 Å². The van der Waals surface area contributed by atoms with E-state index in [1.165, 1.54) is 38.5 Å². The molecular formula is C20H32O. The van der Waals surface area contributed by atoms with Crippen molar-refractivity contribution in [2.75, 3.05) is 0 Å². The average Bonchev–Trinajstić information content (AvgIpc) is 2.74. The predicted molar refractivity (Wildman–Crippen MR) is 86.8 cm³/mol. The van der Waals surface area contributed by atoms with Gasteiger partial charge in [-0.05, 0) is 85.4 Å². The Kier molecular flexibility index (Phi) is 3.13. The monoisotopic (exact) mass is 288 g/mol. The largest absolute Gasteiger partial charge is 0.393 e. The molecule has 0 amide bonds. The van der Waals surface area contributed by atoms with Gasteiger partial charge in [0, 0.05) is 0 Å². The first-order chi connectivity index (χ1) is 9.95. The second-order valence-electron chi connectivity index (χ2n) is 9.27. The zero-order valence-electron chi connectivity index (χ0n) is 14.0. The SMILES string of the molecule is C[C@H]1C=CC2CC[C@H]3[C@@H]4CC[C@H](O)[C@@]4(C)CC[C@@H]3[C@@]2(C)C1. The van der Waals surface area contributed by atoms with Gasteiger partial charge in [-0.15, -0.1) is 0 Å². The van der Waals surface area contributed by atoms with Crippen molar-refractivity contribution >= 4 is 0 Å². The van der Waals surface area contributed by atoms with Crippen molar-refractivity contribution in [3.8, 4) is 0 Å². The van der Waals surface area contributed by atoms with Gasteiger partial charge >= 0.3 is 0 Å². The van der Waals surface area contributed by atoms with Gasteiger partial charge in [-0.3, -0.25) is 0 Å². The molecule has 0 saturated heterocycles. The summed E-state index contributed by atoms with van der Waals surface area (Å²) < 4.78 is 0. The highest BCUT2D eigenvalue weighted by Crippen LogP contribution is 2.65. The van der Waals surface area contributed by atoms with Crippen molar-refractivity contribution in [3.05, 3.63) is 12.2 Å². The third kappa shape index (κ3) is 1.85. The van der Waals surface area contributed by atoms with Crippen LogP contribution >= 0.6 is 0 Å². The lowest BCUT2D eigenvalue weighted by Crippen LogP contribution is -2.53. The molecule has 4 rings (SSSR count). The fraction of sp³-hybridized carbons (Fsp3) is 0.900. The van der Waals surface area contributed by atoms with Crippen LogP contribution in [-0.4, -0.2) is 11.2 Å². The van der Waals surface area contributed by atoms with E-state index in [0.717, 1.165) is 36.0 Å². The maximum absolute atomic E-state index is 10.5. The number of hydrogen-bond acceptors (Lipinski definition) is 1. The number of fused-ring (bicyclic) bond motifs is 5. The van der Waals surface area contributed by atoms with Crippen molar-refractivity contribution in [3.63, 3.8) is 0 Å². The Morgan fingerprint density at radius 3 is 2.48 bits per heavy atom. The summed E-state index contributed by atoms with van der Waals surface area (Å²) in [7, 11) is 0. The van der Waals surface area contributed by atoms with Gasteiger partial charge in [0.15, 0.2) is 0 Å². The fourth-order valence-electron chi connectivity index (χ4n) is 7.16. The van der Waals surface area contributed by atoms with Gasteiger partial charge in [-0.1, -0.05) is 32.9 Å².